The fraction of sp³-hybridized carbons (Fsp3) is 0.333. The number of carboxylic acids is 1. The monoisotopic (exact) mass is 251 g/mol. The quantitative estimate of drug-likeness (QED) is 0.812. The second-order valence-electron chi connectivity index (χ2n) is 3.97. The van der Waals surface area contributed by atoms with Crippen molar-refractivity contribution in [3.8, 4) is 0 Å². The summed E-state index contributed by atoms with van der Waals surface area (Å²) in [7, 11) is 1.50. The third-order valence-electron chi connectivity index (χ3n) is 2.90. The highest BCUT2D eigenvalue weighted by molar-refractivity contribution is 6.01. The van der Waals surface area contributed by atoms with E-state index in [0.29, 0.717) is 12.2 Å². The van der Waals surface area contributed by atoms with Gasteiger partial charge in [0.15, 0.2) is 6.23 Å². The van der Waals surface area contributed by atoms with Crippen molar-refractivity contribution in [3.05, 3.63) is 34.9 Å². The first-order valence-corrected chi connectivity index (χ1v) is 5.41. The van der Waals surface area contributed by atoms with Gasteiger partial charge in [0.05, 0.1) is 12.2 Å². The van der Waals surface area contributed by atoms with Crippen LogP contribution >= 0.6 is 0 Å². The van der Waals surface area contributed by atoms with E-state index in [0.717, 1.165) is 0 Å². The van der Waals surface area contributed by atoms with Crippen LogP contribution < -0.4 is 0 Å². The van der Waals surface area contributed by atoms with Crippen molar-refractivity contribution in [2.45, 2.75) is 6.23 Å². The first-order chi connectivity index (χ1) is 8.56. The van der Waals surface area contributed by atoms with E-state index in [1.54, 1.807) is 0 Å². The maximum Gasteiger partial charge on any atom is 0.335 e. The summed E-state index contributed by atoms with van der Waals surface area (Å²) in [5, 5.41) is 18.8. The third-order valence-corrected chi connectivity index (χ3v) is 2.90. The smallest absolute Gasteiger partial charge is 0.335 e. The highest BCUT2D eigenvalue weighted by Crippen LogP contribution is 2.31. The second kappa shape index (κ2) is 4.75. The summed E-state index contributed by atoms with van der Waals surface area (Å²) in [5.74, 6) is -1.48. The minimum Gasteiger partial charge on any atom is -0.478 e. The Morgan fingerprint density at radius 3 is 2.83 bits per heavy atom. The molecule has 0 spiro atoms. The van der Waals surface area contributed by atoms with E-state index in [1.165, 1.54) is 30.2 Å². The molecule has 0 saturated heterocycles. The number of carboxylic acid groups (broad SMARTS) is 1. The highest BCUT2D eigenvalue weighted by atomic mass is 16.5. The van der Waals surface area contributed by atoms with Gasteiger partial charge in [-0.2, -0.15) is 0 Å². The van der Waals surface area contributed by atoms with Gasteiger partial charge in [-0.3, -0.25) is 4.79 Å². The Morgan fingerprint density at radius 2 is 2.22 bits per heavy atom. The van der Waals surface area contributed by atoms with E-state index in [1.807, 2.05) is 0 Å². The molecule has 1 heterocycles. The fourth-order valence-corrected chi connectivity index (χ4v) is 1.95. The molecule has 6 heteroatoms. The fourth-order valence-electron chi connectivity index (χ4n) is 1.95. The average Bonchev–Trinajstić information content (AvgIpc) is 2.59. The van der Waals surface area contributed by atoms with Crippen LogP contribution in [0, 0.1) is 0 Å². The Morgan fingerprint density at radius 1 is 1.50 bits per heavy atom. The number of methoxy groups -OCH3 is 1. The lowest BCUT2D eigenvalue weighted by Crippen LogP contribution is -2.31. The SMILES string of the molecule is COCCN1C(=O)c2cc(C(=O)O)ccc2[C@H]1O. The van der Waals surface area contributed by atoms with Crippen LogP contribution in [0.15, 0.2) is 18.2 Å². The van der Waals surface area contributed by atoms with Crippen LogP contribution in [-0.4, -0.2) is 47.3 Å². The lowest BCUT2D eigenvalue weighted by molar-refractivity contribution is 0.00728. The molecular formula is C12H13NO5. The Labute approximate surface area is 103 Å². The number of carbonyl (C=O) groups excluding carboxylic acids is 1. The number of carbonyl (C=O) groups is 2. The molecule has 1 aliphatic heterocycles. The molecule has 0 saturated carbocycles. The number of rotatable bonds is 4. The van der Waals surface area contributed by atoms with Crippen molar-refractivity contribution in [1.82, 2.24) is 4.90 Å². The van der Waals surface area contributed by atoms with E-state index in [9.17, 15) is 14.7 Å². The van der Waals surface area contributed by atoms with Crippen molar-refractivity contribution in [1.29, 1.82) is 0 Å². The summed E-state index contributed by atoms with van der Waals surface area (Å²) >= 11 is 0. The Kier molecular flexibility index (Phi) is 3.31. The van der Waals surface area contributed by atoms with Gasteiger partial charge in [0.25, 0.3) is 5.91 Å². The normalized spacial score (nSPS) is 18.0. The van der Waals surface area contributed by atoms with Crippen molar-refractivity contribution >= 4 is 11.9 Å². The maximum atomic E-state index is 12.0. The van der Waals surface area contributed by atoms with Gasteiger partial charge in [0.2, 0.25) is 0 Å². The lowest BCUT2D eigenvalue weighted by Gasteiger charge is -2.19. The highest BCUT2D eigenvalue weighted by Gasteiger charge is 2.35. The molecule has 1 amide bonds. The van der Waals surface area contributed by atoms with Crippen molar-refractivity contribution in [2.24, 2.45) is 0 Å². The molecule has 0 fully saturated rings. The molecule has 1 atom stereocenters. The summed E-state index contributed by atoms with van der Waals surface area (Å²) in [4.78, 5) is 24.1. The predicted molar refractivity (Wildman–Crippen MR) is 61.3 cm³/mol. The number of aliphatic hydroxyl groups is 1. The van der Waals surface area contributed by atoms with Crippen molar-refractivity contribution in [3.63, 3.8) is 0 Å². The van der Waals surface area contributed by atoms with Gasteiger partial charge in [-0.1, -0.05) is 6.07 Å². The number of benzene rings is 1. The number of nitrogens with zero attached hydrogens (tertiary/aromatic N) is 1. The molecule has 6 nitrogen and oxygen atoms in total. The van der Waals surface area contributed by atoms with E-state index >= 15 is 0 Å². The molecular weight excluding hydrogens is 238 g/mol. The van der Waals surface area contributed by atoms with Gasteiger partial charge in [-0.05, 0) is 12.1 Å². The van der Waals surface area contributed by atoms with Gasteiger partial charge < -0.3 is 19.8 Å². The zero-order valence-corrected chi connectivity index (χ0v) is 9.79. The number of amides is 1. The van der Waals surface area contributed by atoms with Gasteiger partial charge in [-0.15, -0.1) is 0 Å². The summed E-state index contributed by atoms with van der Waals surface area (Å²) in [6.07, 6.45) is -1.04. The molecule has 0 aromatic heterocycles. The summed E-state index contributed by atoms with van der Waals surface area (Å²) < 4.78 is 4.86. The molecule has 0 unspecified atom stereocenters. The second-order valence-corrected chi connectivity index (χ2v) is 3.97. The molecule has 0 radical (unpaired) electrons. The summed E-state index contributed by atoms with van der Waals surface area (Å²) in [5.41, 5.74) is 0.697. The van der Waals surface area contributed by atoms with Crippen LogP contribution in [0.4, 0.5) is 0 Å². The van der Waals surface area contributed by atoms with Gasteiger partial charge in [-0.25, -0.2) is 4.79 Å². The molecule has 2 rings (SSSR count). The molecule has 96 valence electrons. The number of hydrogen-bond acceptors (Lipinski definition) is 4. The van der Waals surface area contributed by atoms with Gasteiger partial charge in [0.1, 0.15) is 0 Å². The number of hydrogen-bond donors (Lipinski definition) is 2. The average molecular weight is 251 g/mol. The first-order valence-electron chi connectivity index (χ1n) is 5.41. The number of aromatic carboxylic acids is 1. The predicted octanol–water partition coefficient (Wildman–Crippen LogP) is 0.478. The Balaban J connectivity index is 2.33. The molecule has 1 aliphatic rings. The first kappa shape index (κ1) is 12.5. The van der Waals surface area contributed by atoms with Crippen LogP contribution in [0.3, 0.4) is 0 Å². The van der Waals surface area contributed by atoms with Crippen LogP contribution in [-0.2, 0) is 4.74 Å². The van der Waals surface area contributed by atoms with Crippen LogP contribution in [0.5, 0.6) is 0 Å². The van der Waals surface area contributed by atoms with E-state index in [2.05, 4.69) is 0 Å². The van der Waals surface area contributed by atoms with Crippen LogP contribution in [0.2, 0.25) is 0 Å². The van der Waals surface area contributed by atoms with Crippen molar-refractivity contribution in [2.75, 3.05) is 20.3 Å². The Hall–Kier alpha value is -1.92. The zero-order chi connectivity index (χ0) is 13.3. The van der Waals surface area contributed by atoms with Crippen LogP contribution in [0.1, 0.15) is 32.5 Å². The summed E-state index contributed by atoms with van der Waals surface area (Å²) in [6.45, 7) is 0.566. The summed E-state index contributed by atoms with van der Waals surface area (Å²) in [6, 6.07) is 4.13. The largest absolute Gasteiger partial charge is 0.478 e. The van der Waals surface area contributed by atoms with E-state index in [4.69, 9.17) is 9.84 Å². The van der Waals surface area contributed by atoms with Gasteiger partial charge in [0, 0.05) is 24.8 Å². The topological polar surface area (TPSA) is 87.1 Å². The Bertz CT molecular complexity index is 499. The third kappa shape index (κ3) is 1.96. The molecule has 1 aromatic rings. The lowest BCUT2D eigenvalue weighted by atomic mass is 10.1. The van der Waals surface area contributed by atoms with Crippen LogP contribution in [0.25, 0.3) is 0 Å². The minimum absolute atomic E-state index is 0.0305. The number of aliphatic hydroxyl groups excluding tert-OH is 1. The molecule has 0 bridgehead atoms. The van der Waals surface area contributed by atoms with E-state index in [-0.39, 0.29) is 23.6 Å². The van der Waals surface area contributed by atoms with E-state index < -0.39 is 12.2 Å². The molecule has 18 heavy (non-hydrogen) atoms. The standard InChI is InChI=1S/C12H13NO5/c1-18-5-4-13-10(14)8-3-2-7(12(16)17)6-9(8)11(13)15/h2-3,6,10,14H,4-5H2,1H3,(H,16,17)/t10-/m1/s1. The number of fused-ring (bicyclic) bond motifs is 1. The minimum atomic E-state index is -1.10. The zero-order valence-electron chi connectivity index (χ0n) is 9.79. The van der Waals surface area contributed by atoms with Gasteiger partial charge >= 0.3 is 5.97 Å². The molecule has 1 aromatic carbocycles. The van der Waals surface area contributed by atoms with Crippen molar-refractivity contribution < 1.29 is 24.5 Å². The molecule has 0 aliphatic carbocycles. The molecule has 2 N–H and O–H groups in total. The number of ether oxygens (including phenoxy) is 1. The maximum absolute atomic E-state index is 12.0.